The van der Waals surface area contributed by atoms with E-state index < -0.39 is 11.8 Å². The highest BCUT2D eigenvalue weighted by molar-refractivity contribution is 8.22. The van der Waals surface area contributed by atoms with E-state index in [1.165, 1.54) is 17.8 Å². The first-order chi connectivity index (χ1) is 18.0. The molecule has 2 aromatic carbocycles. The Kier molecular flexibility index (Phi) is 9.36. The third kappa shape index (κ3) is 7.69. The van der Waals surface area contributed by atoms with Crippen molar-refractivity contribution < 1.29 is 23.5 Å². The van der Waals surface area contributed by atoms with Gasteiger partial charge in [-0.05, 0) is 53.7 Å². The van der Waals surface area contributed by atoms with Crippen LogP contribution in [0.5, 0.6) is 5.75 Å². The van der Waals surface area contributed by atoms with E-state index in [1.54, 1.807) is 43.5 Å². The fourth-order valence-electron chi connectivity index (χ4n) is 3.51. The molecule has 1 fully saturated rings. The van der Waals surface area contributed by atoms with Crippen molar-refractivity contribution in [3.63, 3.8) is 0 Å². The minimum Gasteiger partial charge on any atom is -0.497 e. The van der Waals surface area contributed by atoms with E-state index >= 15 is 0 Å². The molecule has 1 aliphatic rings. The number of thiocarbonyl (C=S) groups is 1. The summed E-state index contributed by atoms with van der Waals surface area (Å²) in [6, 6.07) is 19.6. The van der Waals surface area contributed by atoms with Crippen LogP contribution in [0.25, 0.3) is 6.08 Å². The molecular formula is C27H27N3O5S2. The number of benzene rings is 2. The molecule has 4 rings (SSSR count). The Bertz CT molecular complexity index is 1270. The van der Waals surface area contributed by atoms with Gasteiger partial charge < -0.3 is 29.4 Å². The van der Waals surface area contributed by atoms with Gasteiger partial charge in [-0.3, -0.25) is 9.59 Å². The number of rotatable bonds is 8. The molecular weight excluding hydrogens is 510 g/mol. The highest BCUT2D eigenvalue weighted by atomic mass is 32.2. The molecule has 0 atom stereocenters. The molecule has 2 heterocycles. The first-order valence-electron chi connectivity index (χ1n) is 11.7. The third-order valence-electron chi connectivity index (χ3n) is 5.46. The lowest BCUT2D eigenvalue weighted by atomic mass is 10.2. The van der Waals surface area contributed by atoms with Gasteiger partial charge in [0.25, 0.3) is 11.8 Å². The quantitative estimate of drug-likeness (QED) is 0.252. The number of thioether (sulfide) groups is 1. The Morgan fingerprint density at radius 3 is 2.62 bits per heavy atom. The lowest BCUT2D eigenvalue weighted by molar-refractivity contribution is -0.117. The lowest BCUT2D eigenvalue weighted by Crippen LogP contribution is -2.38. The molecule has 1 saturated heterocycles. The molecule has 192 valence electrons. The molecule has 2 N–H and O–H groups in total. The molecule has 3 aromatic rings. The second-order valence-electron chi connectivity index (χ2n) is 8.04. The van der Waals surface area contributed by atoms with Crippen LogP contribution in [0.2, 0.25) is 0 Å². The monoisotopic (exact) mass is 537 g/mol. The van der Waals surface area contributed by atoms with E-state index in [4.69, 9.17) is 26.1 Å². The SMILES string of the molecule is COc1cccc(CNC(=O)C(=Cc2ccc(SC(=S)N3CCOCC3)o2)NC(=O)c2ccccc2)c1. The van der Waals surface area contributed by atoms with Gasteiger partial charge in [0.2, 0.25) is 0 Å². The summed E-state index contributed by atoms with van der Waals surface area (Å²) in [4.78, 5) is 28.0. The van der Waals surface area contributed by atoms with Gasteiger partial charge in [-0.25, -0.2) is 0 Å². The third-order valence-corrected chi connectivity index (χ3v) is 6.82. The summed E-state index contributed by atoms with van der Waals surface area (Å²) in [6.07, 6.45) is 1.50. The lowest BCUT2D eigenvalue weighted by Gasteiger charge is -2.28. The van der Waals surface area contributed by atoms with Gasteiger partial charge in [0.1, 0.15) is 21.5 Å². The zero-order valence-corrected chi connectivity index (χ0v) is 21.9. The van der Waals surface area contributed by atoms with Crippen LogP contribution < -0.4 is 15.4 Å². The molecule has 0 unspecified atom stereocenters. The van der Waals surface area contributed by atoms with Crippen LogP contribution in [-0.4, -0.2) is 54.4 Å². The number of nitrogens with one attached hydrogen (secondary N) is 2. The molecule has 0 radical (unpaired) electrons. The second kappa shape index (κ2) is 13.1. The second-order valence-corrected chi connectivity index (χ2v) is 9.67. The Hall–Kier alpha value is -3.60. The largest absolute Gasteiger partial charge is 0.497 e. The average molecular weight is 538 g/mol. The van der Waals surface area contributed by atoms with Crippen LogP contribution in [0.15, 0.2) is 81.9 Å². The molecule has 8 nitrogen and oxygen atoms in total. The van der Waals surface area contributed by atoms with Crippen molar-refractivity contribution >= 4 is 46.2 Å². The average Bonchev–Trinajstić information content (AvgIpc) is 3.38. The van der Waals surface area contributed by atoms with Crippen LogP contribution in [-0.2, 0) is 16.1 Å². The predicted octanol–water partition coefficient (Wildman–Crippen LogP) is 4.08. The zero-order chi connectivity index (χ0) is 26.0. The van der Waals surface area contributed by atoms with Crippen LogP contribution >= 0.6 is 24.0 Å². The Balaban J connectivity index is 1.49. The summed E-state index contributed by atoms with van der Waals surface area (Å²) < 4.78 is 17.2. The molecule has 0 bridgehead atoms. The van der Waals surface area contributed by atoms with Crippen LogP contribution in [0, 0.1) is 0 Å². The minimum absolute atomic E-state index is 0.0541. The van der Waals surface area contributed by atoms with Gasteiger partial charge in [-0.2, -0.15) is 0 Å². The summed E-state index contributed by atoms with van der Waals surface area (Å²) in [5.41, 5.74) is 1.34. The van der Waals surface area contributed by atoms with Gasteiger partial charge in [0, 0.05) is 31.3 Å². The van der Waals surface area contributed by atoms with Crippen molar-refractivity contribution in [1.29, 1.82) is 0 Å². The molecule has 2 amide bonds. The maximum absolute atomic E-state index is 13.1. The van der Waals surface area contributed by atoms with Crippen molar-refractivity contribution in [2.45, 2.75) is 11.6 Å². The van der Waals surface area contributed by atoms with Crippen LogP contribution in [0.3, 0.4) is 0 Å². The number of hydrogen-bond acceptors (Lipinski definition) is 7. The first kappa shape index (κ1) is 26.5. The van der Waals surface area contributed by atoms with Crippen molar-refractivity contribution in [2.24, 2.45) is 0 Å². The molecule has 0 aliphatic carbocycles. The smallest absolute Gasteiger partial charge is 0.268 e. The number of ether oxygens (including phenoxy) is 2. The standard InChI is InChI=1S/C27H27N3O5S2/c1-33-21-9-5-6-19(16-21)18-28-26(32)23(29-25(31)20-7-3-2-4-8-20)17-22-10-11-24(35-22)37-27(36)30-12-14-34-15-13-30/h2-11,16-17H,12-15,18H2,1H3,(H,28,32)(H,29,31). The fraction of sp³-hybridized carbons (Fsp3) is 0.222. The highest BCUT2D eigenvalue weighted by Crippen LogP contribution is 2.26. The molecule has 1 aliphatic heterocycles. The topological polar surface area (TPSA) is 93.0 Å². The highest BCUT2D eigenvalue weighted by Gasteiger charge is 2.18. The maximum atomic E-state index is 13.1. The Labute approximate surface area is 225 Å². The summed E-state index contributed by atoms with van der Waals surface area (Å²) in [5.74, 6) is 0.238. The number of amides is 2. The zero-order valence-electron chi connectivity index (χ0n) is 20.3. The molecule has 0 spiro atoms. The van der Waals surface area contributed by atoms with Gasteiger partial charge in [0.15, 0.2) is 5.09 Å². The first-order valence-corrected chi connectivity index (χ1v) is 12.9. The summed E-state index contributed by atoms with van der Waals surface area (Å²) in [6.45, 7) is 3.01. The van der Waals surface area contributed by atoms with E-state index in [9.17, 15) is 9.59 Å². The van der Waals surface area contributed by atoms with Crippen LogP contribution in [0.1, 0.15) is 21.7 Å². The van der Waals surface area contributed by atoms with Crippen molar-refractivity contribution in [3.8, 4) is 5.75 Å². The Morgan fingerprint density at radius 2 is 1.86 bits per heavy atom. The van der Waals surface area contributed by atoms with Gasteiger partial charge in [0.05, 0.1) is 20.3 Å². The van der Waals surface area contributed by atoms with Gasteiger partial charge in [-0.15, -0.1) is 0 Å². The van der Waals surface area contributed by atoms with Gasteiger partial charge in [-0.1, -0.05) is 42.5 Å². The maximum Gasteiger partial charge on any atom is 0.268 e. The Morgan fingerprint density at radius 1 is 1.08 bits per heavy atom. The number of furan rings is 1. The van der Waals surface area contributed by atoms with E-state index in [2.05, 4.69) is 15.5 Å². The molecule has 0 saturated carbocycles. The number of nitrogens with zero attached hydrogens (tertiary/aromatic N) is 1. The van der Waals surface area contributed by atoms with Crippen molar-refractivity contribution in [1.82, 2.24) is 15.5 Å². The summed E-state index contributed by atoms with van der Waals surface area (Å²) in [5, 5.41) is 6.15. The van der Waals surface area contributed by atoms with E-state index in [0.29, 0.717) is 39.7 Å². The number of carbonyl (C=O) groups excluding carboxylic acids is 2. The molecule has 37 heavy (non-hydrogen) atoms. The normalized spacial score (nSPS) is 13.6. The van der Waals surface area contributed by atoms with E-state index in [-0.39, 0.29) is 12.2 Å². The summed E-state index contributed by atoms with van der Waals surface area (Å²) >= 11 is 6.87. The molecule has 10 heteroatoms. The molecule has 1 aromatic heterocycles. The number of hydrogen-bond donors (Lipinski definition) is 2. The summed E-state index contributed by atoms with van der Waals surface area (Å²) in [7, 11) is 1.58. The fourth-order valence-corrected chi connectivity index (χ4v) is 4.69. The minimum atomic E-state index is -0.457. The van der Waals surface area contributed by atoms with Gasteiger partial charge >= 0.3 is 0 Å². The van der Waals surface area contributed by atoms with Crippen LogP contribution in [0.4, 0.5) is 0 Å². The number of carbonyl (C=O) groups is 2. The van der Waals surface area contributed by atoms with E-state index in [0.717, 1.165) is 18.7 Å². The number of methoxy groups -OCH3 is 1. The number of morpholine rings is 1. The predicted molar refractivity (Wildman–Crippen MR) is 146 cm³/mol. The van der Waals surface area contributed by atoms with Crippen molar-refractivity contribution in [2.75, 3.05) is 33.4 Å². The van der Waals surface area contributed by atoms with E-state index in [1.807, 2.05) is 30.3 Å². The van der Waals surface area contributed by atoms with Crippen molar-refractivity contribution in [3.05, 3.63) is 89.3 Å².